The molecule has 0 bridgehead atoms. The van der Waals surface area contributed by atoms with E-state index >= 15 is 0 Å². The van der Waals surface area contributed by atoms with Crippen molar-refractivity contribution in [3.63, 3.8) is 0 Å². The Kier molecular flexibility index (Phi) is 6.55. The third-order valence-electron chi connectivity index (χ3n) is 5.44. The van der Waals surface area contributed by atoms with Gasteiger partial charge in [-0.25, -0.2) is 17.7 Å². The van der Waals surface area contributed by atoms with Crippen molar-refractivity contribution in [1.82, 2.24) is 13.9 Å². The van der Waals surface area contributed by atoms with E-state index in [1.807, 2.05) is 23.9 Å². The molecule has 2 aromatic carbocycles. The Bertz CT molecular complexity index is 1320. The van der Waals surface area contributed by atoms with Gasteiger partial charge >= 0.3 is 0 Å². The fraction of sp³-hybridized carbons (Fsp3) is 0.364. The van der Waals surface area contributed by atoms with Crippen molar-refractivity contribution in [2.75, 3.05) is 38.9 Å². The molecule has 1 amide bonds. The summed E-state index contributed by atoms with van der Waals surface area (Å²) in [6.45, 7) is 0.983. The van der Waals surface area contributed by atoms with Gasteiger partial charge in [-0.3, -0.25) is 4.79 Å². The van der Waals surface area contributed by atoms with E-state index in [1.165, 1.54) is 30.2 Å². The SMILES string of the molecule is CSc1cc2c(cc1NC(=O)CCc1nc3cc(S(=O)(=O)N(C)C)ccc3n1C)OCCO2. The number of amides is 1. The lowest BCUT2D eigenvalue weighted by Crippen LogP contribution is -2.22. The Morgan fingerprint density at radius 3 is 2.55 bits per heavy atom. The van der Waals surface area contributed by atoms with Gasteiger partial charge in [0.15, 0.2) is 11.5 Å². The summed E-state index contributed by atoms with van der Waals surface area (Å²) in [5.74, 6) is 1.85. The molecule has 3 aromatic rings. The van der Waals surface area contributed by atoms with E-state index in [-0.39, 0.29) is 17.2 Å². The van der Waals surface area contributed by atoms with Crippen molar-refractivity contribution in [1.29, 1.82) is 0 Å². The highest BCUT2D eigenvalue weighted by atomic mass is 32.2. The molecule has 1 aromatic heterocycles. The number of rotatable bonds is 7. The molecule has 1 aliphatic rings. The number of carbonyl (C=O) groups is 1. The minimum absolute atomic E-state index is 0.148. The predicted molar refractivity (Wildman–Crippen MR) is 128 cm³/mol. The Morgan fingerprint density at radius 1 is 1.18 bits per heavy atom. The highest BCUT2D eigenvalue weighted by molar-refractivity contribution is 7.98. The zero-order valence-corrected chi connectivity index (χ0v) is 20.5. The Morgan fingerprint density at radius 2 is 1.88 bits per heavy atom. The van der Waals surface area contributed by atoms with Gasteiger partial charge in [0, 0.05) is 44.9 Å². The van der Waals surface area contributed by atoms with Crippen LogP contribution < -0.4 is 14.8 Å². The standard InChI is InChI=1S/C22H26N4O5S2/c1-25(2)33(28,29)14-5-6-17-15(11-14)23-21(26(17)3)7-8-22(27)24-16-12-18-19(13-20(16)32-4)31-10-9-30-18/h5-6,11-13H,7-10H2,1-4H3,(H,24,27). The second-order valence-corrected chi connectivity index (χ2v) is 10.8. The zero-order chi connectivity index (χ0) is 23.8. The average molecular weight is 491 g/mol. The second kappa shape index (κ2) is 9.24. The highest BCUT2D eigenvalue weighted by Gasteiger charge is 2.20. The Balaban J connectivity index is 1.49. The van der Waals surface area contributed by atoms with Crippen molar-refractivity contribution < 1.29 is 22.7 Å². The summed E-state index contributed by atoms with van der Waals surface area (Å²) in [7, 11) is 1.29. The Labute approximate surface area is 197 Å². The maximum Gasteiger partial charge on any atom is 0.242 e. The van der Waals surface area contributed by atoms with Crippen molar-refractivity contribution in [2.24, 2.45) is 7.05 Å². The van der Waals surface area contributed by atoms with Crippen molar-refractivity contribution in [3.8, 4) is 11.5 Å². The number of hydrogen-bond acceptors (Lipinski definition) is 7. The number of aromatic nitrogens is 2. The van der Waals surface area contributed by atoms with Gasteiger partial charge < -0.3 is 19.4 Å². The first-order valence-electron chi connectivity index (χ1n) is 10.4. The number of hydrogen-bond donors (Lipinski definition) is 1. The number of aryl methyl sites for hydroxylation is 2. The molecule has 33 heavy (non-hydrogen) atoms. The maximum atomic E-state index is 12.7. The van der Waals surface area contributed by atoms with Gasteiger partial charge in [-0.1, -0.05) is 0 Å². The number of sulfonamides is 1. The minimum atomic E-state index is -3.55. The number of thioether (sulfide) groups is 1. The van der Waals surface area contributed by atoms with Gasteiger partial charge in [-0.2, -0.15) is 0 Å². The third kappa shape index (κ3) is 4.66. The predicted octanol–water partition coefficient (Wildman–Crippen LogP) is 2.89. The van der Waals surface area contributed by atoms with Crippen molar-refractivity contribution in [2.45, 2.75) is 22.6 Å². The van der Waals surface area contributed by atoms with Gasteiger partial charge in [-0.05, 0) is 30.5 Å². The molecular formula is C22H26N4O5S2. The quantitative estimate of drug-likeness (QED) is 0.508. The molecule has 11 heteroatoms. The summed E-state index contributed by atoms with van der Waals surface area (Å²) in [4.78, 5) is 18.3. The highest BCUT2D eigenvalue weighted by Crippen LogP contribution is 2.39. The first-order chi connectivity index (χ1) is 15.7. The lowest BCUT2D eigenvalue weighted by Gasteiger charge is -2.21. The lowest BCUT2D eigenvalue weighted by molar-refractivity contribution is -0.116. The van der Waals surface area contributed by atoms with Crippen LogP contribution in [-0.2, 0) is 28.3 Å². The molecule has 0 aliphatic carbocycles. The Hall–Kier alpha value is -2.76. The molecule has 4 rings (SSSR count). The minimum Gasteiger partial charge on any atom is -0.486 e. The number of benzene rings is 2. The third-order valence-corrected chi connectivity index (χ3v) is 8.03. The molecule has 1 N–H and O–H groups in total. The van der Waals surface area contributed by atoms with Crippen molar-refractivity contribution >= 4 is 44.4 Å². The van der Waals surface area contributed by atoms with Crippen LogP contribution in [0.25, 0.3) is 11.0 Å². The molecule has 0 radical (unpaired) electrons. The molecule has 176 valence electrons. The number of nitrogens with zero attached hydrogens (tertiary/aromatic N) is 3. The van der Waals surface area contributed by atoms with Crippen LogP contribution in [0.15, 0.2) is 40.1 Å². The number of carbonyl (C=O) groups excluding carboxylic acids is 1. The van der Waals surface area contributed by atoms with Crippen LogP contribution in [0, 0.1) is 0 Å². The van der Waals surface area contributed by atoms with Crippen molar-refractivity contribution in [3.05, 3.63) is 36.2 Å². The normalized spacial score (nSPS) is 13.5. The number of fused-ring (bicyclic) bond motifs is 2. The van der Waals surface area contributed by atoms with E-state index in [2.05, 4.69) is 10.3 Å². The van der Waals surface area contributed by atoms with Crippen LogP contribution in [0.4, 0.5) is 5.69 Å². The molecule has 0 saturated carbocycles. The second-order valence-electron chi connectivity index (χ2n) is 7.77. The monoisotopic (exact) mass is 490 g/mol. The summed E-state index contributed by atoms with van der Waals surface area (Å²) >= 11 is 1.52. The number of anilines is 1. The van der Waals surface area contributed by atoms with Gasteiger partial charge in [0.1, 0.15) is 19.0 Å². The van der Waals surface area contributed by atoms with E-state index in [0.717, 1.165) is 10.4 Å². The average Bonchev–Trinajstić information content (AvgIpc) is 3.12. The molecule has 0 fully saturated rings. The lowest BCUT2D eigenvalue weighted by atomic mass is 10.2. The van der Waals surface area contributed by atoms with Gasteiger partial charge in [0.05, 0.1) is 21.6 Å². The zero-order valence-electron chi connectivity index (χ0n) is 18.9. The van der Waals surface area contributed by atoms with Crippen LogP contribution in [0.2, 0.25) is 0 Å². The largest absolute Gasteiger partial charge is 0.486 e. The molecule has 0 saturated heterocycles. The number of ether oxygens (including phenoxy) is 2. The molecule has 1 aliphatic heterocycles. The smallest absolute Gasteiger partial charge is 0.242 e. The summed E-state index contributed by atoms with van der Waals surface area (Å²) in [6, 6.07) is 8.54. The number of nitrogens with one attached hydrogen (secondary N) is 1. The van der Waals surface area contributed by atoms with Crippen LogP contribution in [-0.4, -0.2) is 61.7 Å². The van der Waals surface area contributed by atoms with E-state index in [1.54, 1.807) is 24.3 Å². The summed E-state index contributed by atoms with van der Waals surface area (Å²) in [5.41, 5.74) is 2.06. The fourth-order valence-corrected chi connectivity index (χ4v) is 5.08. The van der Waals surface area contributed by atoms with E-state index in [4.69, 9.17) is 9.47 Å². The van der Waals surface area contributed by atoms with E-state index in [0.29, 0.717) is 48.2 Å². The topological polar surface area (TPSA) is 103 Å². The van der Waals surface area contributed by atoms with Gasteiger partial charge in [0.2, 0.25) is 15.9 Å². The van der Waals surface area contributed by atoms with Crippen LogP contribution >= 0.6 is 11.8 Å². The van der Waals surface area contributed by atoms with Crippen LogP contribution in [0.5, 0.6) is 11.5 Å². The summed E-state index contributed by atoms with van der Waals surface area (Å²) in [5, 5.41) is 2.96. The maximum absolute atomic E-state index is 12.7. The summed E-state index contributed by atoms with van der Waals surface area (Å²) in [6.07, 6.45) is 2.57. The van der Waals surface area contributed by atoms with Gasteiger partial charge in [-0.15, -0.1) is 11.8 Å². The number of imidazole rings is 1. The molecule has 0 spiro atoms. The molecular weight excluding hydrogens is 464 g/mol. The first kappa shape index (κ1) is 23.4. The molecule has 2 heterocycles. The van der Waals surface area contributed by atoms with Gasteiger partial charge in [0.25, 0.3) is 0 Å². The fourth-order valence-electron chi connectivity index (χ4n) is 3.60. The molecule has 0 atom stereocenters. The van der Waals surface area contributed by atoms with E-state index in [9.17, 15) is 13.2 Å². The first-order valence-corrected chi connectivity index (χ1v) is 13.0. The van der Waals surface area contributed by atoms with Crippen LogP contribution in [0.1, 0.15) is 12.2 Å². The molecule has 9 nitrogen and oxygen atoms in total. The van der Waals surface area contributed by atoms with Crippen LogP contribution in [0.3, 0.4) is 0 Å². The molecule has 0 unspecified atom stereocenters. The van der Waals surface area contributed by atoms with E-state index < -0.39 is 10.0 Å². The summed E-state index contributed by atoms with van der Waals surface area (Å²) < 4.78 is 39.1.